The molecule has 0 unspecified atom stereocenters. The van der Waals surface area contributed by atoms with Crippen LogP contribution in [0.4, 0.5) is 10.7 Å². The van der Waals surface area contributed by atoms with Crippen LogP contribution in [0.5, 0.6) is 0 Å². The number of nitrogens with zero attached hydrogens (tertiary/aromatic N) is 2. The Hall–Kier alpha value is -3.35. The van der Waals surface area contributed by atoms with E-state index < -0.39 is 6.03 Å². The Morgan fingerprint density at radius 2 is 1.74 bits per heavy atom. The molecule has 0 spiro atoms. The molecule has 0 saturated carbocycles. The van der Waals surface area contributed by atoms with E-state index in [1.54, 1.807) is 24.3 Å². The molecule has 3 amide bonds. The Bertz CT molecular complexity index is 984. The fourth-order valence-electron chi connectivity index (χ4n) is 2.93. The quantitative estimate of drug-likeness (QED) is 0.661. The first-order valence-corrected chi connectivity index (χ1v) is 8.67. The van der Waals surface area contributed by atoms with Crippen molar-refractivity contribution >= 4 is 28.9 Å². The second kappa shape index (κ2) is 7.11. The average molecular weight is 365 g/mol. The minimum Gasteiger partial charge on any atom is -0.352 e. The fourth-order valence-corrected chi connectivity index (χ4v) is 2.93. The molecule has 3 aromatic rings. The summed E-state index contributed by atoms with van der Waals surface area (Å²) in [5, 5.41) is 5.43. The standard InChI is InChI=1S/C20H23N5O2/c1-20(2,3)25-16-7-5-4-6-15(16)23-19(25)24-17(26)14-10-8-13(9-11-14)12-22-18(21)27/h4-11H,12H2,1-3H3,(H3,21,22,27)(H,23,24,26). The summed E-state index contributed by atoms with van der Waals surface area (Å²) in [7, 11) is 0. The van der Waals surface area contributed by atoms with Gasteiger partial charge < -0.3 is 15.6 Å². The number of hydrogen-bond donors (Lipinski definition) is 3. The maximum absolute atomic E-state index is 12.7. The van der Waals surface area contributed by atoms with Gasteiger partial charge in [-0.2, -0.15) is 0 Å². The van der Waals surface area contributed by atoms with Gasteiger partial charge in [0.1, 0.15) is 0 Å². The van der Waals surface area contributed by atoms with Gasteiger partial charge in [0.05, 0.1) is 11.0 Å². The second-order valence-electron chi connectivity index (χ2n) is 7.30. The molecule has 0 aliphatic heterocycles. The lowest BCUT2D eigenvalue weighted by Crippen LogP contribution is -2.28. The Kier molecular flexibility index (Phi) is 4.85. The first kappa shape index (κ1) is 18.4. The number of para-hydroxylation sites is 2. The molecule has 0 aliphatic rings. The highest BCUT2D eigenvalue weighted by Gasteiger charge is 2.22. The van der Waals surface area contributed by atoms with Crippen molar-refractivity contribution in [1.29, 1.82) is 0 Å². The van der Waals surface area contributed by atoms with E-state index in [2.05, 4.69) is 36.4 Å². The van der Waals surface area contributed by atoms with Crippen LogP contribution in [-0.2, 0) is 12.1 Å². The number of nitrogens with one attached hydrogen (secondary N) is 2. The molecule has 0 saturated heterocycles. The summed E-state index contributed by atoms with van der Waals surface area (Å²) >= 11 is 0. The maximum Gasteiger partial charge on any atom is 0.312 e. The zero-order valence-electron chi connectivity index (χ0n) is 15.6. The van der Waals surface area contributed by atoms with Crippen molar-refractivity contribution in [3.63, 3.8) is 0 Å². The molecular formula is C20H23N5O2. The lowest BCUT2D eigenvalue weighted by Gasteiger charge is -2.24. The van der Waals surface area contributed by atoms with Crippen molar-refractivity contribution < 1.29 is 9.59 Å². The minimum absolute atomic E-state index is 0.245. The van der Waals surface area contributed by atoms with Crippen LogP contribution in [0.25, 0.3) is 11.0 Å². The molecule has 0 aliphatic carbocycles. The highest BCUT2D eigenvalue weighted by Crippen LogP contribution is 2.28. The fraction of sp³-hybridized carbons (Fsp3) is 0.250. The topological polar surface area (TPSA) is 102 Å². The number of nitrogens with two attached hydrogens (primary N) is 1. The highest BCUT2D eigenvalue weighted by atomic mass is 16.2. The van der Waals surface area contributed by atoms with Crippen molar-refractivity contribution in [3.05, 3.63) is 59.7 Å². The zero-order valence-corrected chi connectivity index (χ0v) is 15.6. The van der Waals surface area contributed by atoms with Crippen molar-refractivity contribution in [2.45, 2.75) is 32.9 Å². The maximum atomic E-state index is 12.7. The van der Waals surface area contributed by atoms with Gasteiger partial charge in [-0.15, -0.1) is 0 Å². The molecule has 0 bridgehead atoms. The van der Waals surface area contributed by atoms with Gasteiger partial charge in [-0.1, -0.05) is 24.3 Å². The van der Waals surface area contributed by atoms with Gasteiger partial charge in [-0.3, -0.25) is 10.1 Å². The molecule has 3 rings (SSSR count). The van der Waals surface area contributed by atoms with E-state index in [1.165, 1.54) is 0 Å². The summed E-state index contributed by atoms with van der Waals surface area (Å²) in [5.41, 5.74) is 7.97. The minimum atomic E-state index is -0.585. The van der Waals surface area contributed by atoms with Gasteiger partial charge >= 0.3 is 6.03 Å². The van der Waals surface area contributed by atoms with Gasteiger partial charge in [0, 0.05) is 17.6 Å². The van der Waals surface area contributed by atoms with E-state index in [1.807, 2.05) is 28.8 Å². The van der Waals surface area contributed by atoms with E-state index in [0.29, 0.717) is 18.1 Å². The molecule has 1 heterocycles. The number of amides is 3. The number of anilines is 1. The Balaban J connectivity index is 1.85. The second-order valence-corrected chi connectivity index (χ2v) is 7.30. The number of benzene rings is 2. The van der Waals surface area contributed by atoms with Crippen LogP contribution in [0.2, 0.25) is 0 Å². The van der Waals surface area contributed by atoms with Crippen LogP contribution < -0.4 is 16.4 Å². The van der Waals surface area contributed by atoms with Gasteiger partial charge in [-0.25, -0.2) is 9.78 Å². The normalized spacial score (nSPS) is 11.4. The van der Waals surface area contributed by atoms with Crippen molar-refractivity contribution in [2.24, 2.45) is 5.73 Å². The SMILES string of the molecule is CC(C)(C)n1c(NC(=O)c2ccc(CNC(N)=O)cc2)nc2ccccc21. The van der Waals surface area contributed by atoms with E-state index in [9.17, 15) is 9.59 Å². The third-order valence-electron chi connectivity index (χ3n) is 4.14. The summed E-state index contributed by atoms with van der Waals surface area (Å²) in [6.45, 7) is 6.52. The predicted molar refractivity (Wildman–Crippen MR) is 106 cm³/mol. The molecule has 7 heteroatoms. The molecule has 0 atom stereocenters. The highest BCUT2D eigenvalue weighted by molar-refractivity contribution is 6.04. The summed E-state index contributed by atoms with van der Waals surface area (Å²) < 4.78 is 2.02. The number of primary amides is 1. The van der Waals surface area contributed by atoms with Crippen LogP contribution in [0.15, 0.2) is 48.5 Å². The third-order valence-corrected chi connectivity index (χ3v) is 4.14. The van der Waals surface area contributed by atoms with Crippen LogP contribution >= 0.6 is 0 Å². The van der Waals surface area contributed by atoms with Crippen molar-refractivity contribution in [1.82, 2.24) is 14.9 Å². The molecule has 0 radical (unpaired) electrons. The number of urea groups is 1. The van der Waals surface area contributed by atoms with Gasteiger partial charge in [0.2, 0.25) is 5.95 Å². The van der Waals surface area contributed by atoms with Crippen LogP contribution in [0.3, 0.4) is 0 Å². The summed E-state index contributed by atoms with van der Waals surface area (Å²) in [5.74, 6) is 0.262. The lowest BCUT2D eigenvalue weighted by atomic mass is 10.1. The number of hydrogen-bond acceptors (Lipinski definition) is 3. The monoisotopic (exact) mass is 365 g/mol. The molecule has 0 fully saturated rings. The van der Waals surface area contributed by atoms with Crippen LogP contribution in [0, 0.1) is 0 Å². The van der Waals surface area contributed by atoms with Gasteiger partial charge in [0.15, 0.2) is 0 Å². The van der Waals surface area contributed by atoms with Crippen molar-refractivity contribution in [2.75, 3.05) is 5.32 Å². The number of fused-ring (bicyclic) bond motifs is 1. The largest absolute Gasteiger partial charge is 0.352 e. The van der Waals surface area contributed by atoms with Crippen LogP contribution in [0.1, 0.15) is 36.7 Å². The van der Waals surface area contributed by atoms with Gasteiger partial charge in [-0.05, 0) is 50.6 Å². The predicted octanol–water partition coefficient (Wildman–Crippen LogP) is 3.21. The summed E-state index contributed by atoms with van der Waals surface area (Å²) in [4.78, 5) is 28.0. The molecule has 27 heavy (non-hydrogen) atoms. The molecular weight excluding hydrogens is 342 g/mol. The third kappa shape index (κ3) is 4.08. The lowest BCUT2D eigenvalue weighted by molar-refractivity contribution is 0.102. The van der Waals surface area contributed by atoms with E-state index in [-0.39, 0.29) is 11.4 Å². The first-order valence-electron chi connectivity index (χ1n) is 8.67. The number of carbonyl (C=O) groups excluding carboxylic acids is 2. The molecule has 140 valence electrons. The number of aromatic nitrogens is 2. The average Bonchev–Trinajstić information content (AvgIpc) is 2.98. The molecule has 2 aromatic carbocycles. The van der Waals surface area contributed by atoms with Gasteiger partial charge in [0.25, 0.3) is 5.91 Å². The van der Waals surface area contributed by atoms with E-state index in [0.717, 1.165) is 16.6 Å². The molecule has 1 aromatic heterocycles. The smallest absolute Gasteiger partial charge is 0.312 e. The van der Waals surface area contributed by atoms with Crippen LogP contribution in [-0.4, -0.2) is 21.5 Å². The Labute approximate surface area is 157 Å². The zero-order chi connectivity index (χ0) is 19.6. The Morgan fingerprint density at radius 3 is 2.37 bits per heavy atom. The van der Waals surface area contributed by atoms with Crippen molar-refractivity contribution in [3.8, 4) is 0 Å². The Morgan fingerprint density at radius 1 is 1.07 bits per heavy atom. The van der Waals surface area contributed by atoms with E-state index in [4.69, 9.17) is 5.73 Å². The summed E-state index contributed by atoms with van der Waals surface area (Å²) in [6.07, 6.45) is 0. The number of rotatable bonds is 4. The number of imidazole rings is 1. The van der Waals surface area contributed by atoms with E-state index >= 15 is 0 Å². The number of carbonyl (C=O) groups is 2. The first-order chi connectivity index (χ1) is 12.8. The summed E-state index contributed by atoms with van der Waals surface area (Å²) in [6, 6.07) is 14.2. The molecule has 7 nitrogen and oxygen atoms in total. The molecule has 4 N–H and O–H groups in total.